The molecular weight excluding hydrogens is 365 g/mol. The molecule has 0 amide bonds. The van der Waals surface area contributed by atoms with Gasteiger partial charge in [0.2, 0.25) is 0 Å². The summed E-state index contributed by atoms with van der Waals surface area (Å²) in [5, 5.41) is 9.73. The zero-order valence-electron chi connectivity index (χ0n) is 14.6. The minimum atomic E-state index is -0.349. The van der Waals surface area contributed by atoms with Gasteiger partial charge in [0.25, 0.3) is 0 Å². The van der Waals surface area contributed by atoms with E-state index in [1.165, 1.54) is 18.3 Å². The number of anilines is 1. The Morgan fingerprint density at radius 3 is 2.89 bits per heavy atom. The first-order valence-corrected chi connectivity index (χ1v) is 9.22. The fourth-order valence-corrected chi connectivity index (χ4v) is 3.97. The lowest BCUT2D eigenvalue weighted by molar-refractivity contribution is 0.202. The van der Waals surface area contributed by atoms with Gasteiger partial charge in [-0.3, -0.25) is 4.90 Å². The molecule has 1 aromatic heterocycles. The summed E-state index contributed by atoms with van der Waals surface area (Å²) in [6.07, 6.45) is 5.11. The van der Waals surface area contributed by atoms with Crippen molar-refractivity contribution in [2.75, 3.05) is 24.5 Å². The van der Waals surface area contributed by atoms with Crippen molar-refractivity contribution in [3.05, 3.63) is 52.7 Å². The predicted molar refractivity (Wildman–Crippen MR) is 101 cm³/mol. The van der Waals surface area contributed by atoms with Crippen molar-refractivity contribution in [3.8, 4) is 17.9 Å². The van der Waals surface area contributed by atoms with E-state index in [9.17, 15) is 9.65 Å². The highest BCUT2D eigenvalue weighted by Gasteiger charge is 2.37. The van der Waals surface area contributed by atoms with Gasteiger partial charge in [-0.25, -0.2) is 14.4 Å². The number of benzene rings is 1. The van der Waals surface area contributed by atoms with Crippen LogP contribution in [-0.2, 0) is 0 Å². The summed E-state index contributed by atoms with van der Waals surface area (Å²) in [6, 6.07) is 6.99. The molecule has 4 rings (SSSR count). The summed E-state index contributed by atoms with van der Waals surface area (Å²) in [6.45, 7) is 2.37. The van der Waals surface area contributed by atoms with Crippen LogP contribution in [0.3, 0.4) is 0 Å². The number of nitrogens with zero attached hydrogens (tertiary/aromatic N) is 5. The maximum absolute atomic E-state index is 13.9. The van der Waals surface area contributed by atoms with Crippen LogP contribution in [0.1, 0.15) is 24.1 Å². The van der Waals surface area contributed by atoms with Gasteiger partial charge in [0, 0.05) is 43.1 Å². The van der Waals surface area contributed by atoms with Crippen molar-refractivity contribution in [1.29, 1.82) is 5.26 Å². The van der Waals surface area contributed by atoms with Gasteiger partial charge in [0.15, 0.2) is 11.5 Å². The molecule has 0 radical (unpaired) electrons. The fourth-order valence-electron chi connectivity index (χ4n) is 3.80. The van der Waals surface area contributed by atoms with Crippen LogP contribution in [0, 0.1) is 29.0 Å². The van der Waals surface area contributed by atoms with E-state index in [0.717, 1.165) is 32.5 Å². The smallest absolute Gasteiger partial charge is 0.183 e. The van der Waals surface area contributed by atoms with Crippen molar-refractivity contribution in [1.82, 2.24) is 14.9 Å². The molecule has 2 atom stereocenters. The largest absolute Gasteiger partial charge is 0.351 e. The highest BCUT2D eigenvalue weighted by molar-refractivity contribution is 6.30. The van der Waals surface area contributed by atoms with Gasteiger partial charge in [-0.15, -0.1) is 0 Å². The fraction of sp³-hybridized carbons (Fsp3) is 0.350. The number of rotatable bonds is 1. The molecule has 2 saturated heterocycles. The quantitative estimate of drug-likeness (QED) is 0.711. The van der Waals surface area contributed by atoms with Crippen molar-refractivity contribution < 1.29 is 4.39 Å². The Kier molecular flexibility index (Phi) is 4.94. The van der Waals surface area contributed by atoms with Crippen molar-refractivity contribution in [2.24, 2.45) is 0 Å². The van der Waals surface area contributed by atoms with Gasteiger partial charge in [0.05, 0.1) is 11.6 Å². The average molecular weight is 382 g/mol. The van der Waals surface area contributed by atoms with Crippen LogP contribution in [0.25, 0.3) is 0 Å². The summed E-state index contributed by atoms with van der Waals surface area (Å²) in [5.41, 5.74) is 0.694. The number of hydrogen-bond acceptors (Lipinski definition) is 5. The molecule has 2 aliphatic heterocycles. The molecular formula is C20H17ClFN5. The number of aromatic nitrogens is 2. The van der Waals surface area contributed by atoms with E-state index in [-0.39, 0.29) is 11.9 Å². The summed E-state index contributed by atoms with van der Waals surface area (Å²) in [4.78, 5) is 12.9. The molecule has 2 aromatic rings. The Morgan fingerprint density at radius 1 is 1.19 bits per heavy atom. The van der Waals surface area contributed by atoms with Gasteiger partial charge in [-0.1, -0.05) is 23.4 Å². The summed E-state index contributed by atoms with van der Waals surface area (Å²) < 4.78 is 13.9. The predicted octanol–water partition coefficient (Wildman–Crippen LogP) is 2.85. The van der Waals surface area contributed by atoms with Gasteiger partial charge in [-0.05, 0) is 31.0 Å². The molecule has 7 heteroatoms. The maximum atomic E-state index is 13.9. The molecule has 0 spiro atoms. The molecule has 2 fully saturated rings. The first kappa shape index (κ1) is 17.7. The standard InChI is InChI=1S/C20H17ClFN5/c21-15-2-6-18(22)14(11-15)1-3-16-4-5-17-13-26(9-10-27(16)17)20-19(12-23)24-7-8-25-20/h2,6-8,11,16-17H,4-5,9-10,13H2/t16?,17-/m0/s1. The van der Waals surface area contributed by atoms with Gasteiger partial charge >= 0.3 is 0 Å². The summed E-state index contributed by atoms with van der Waals surface area (Å²) >= 11 is 5.94. The van der Waals surface area contributed by atoms with E-state index < -0.39 is 0 Å². The summed E-state index contributed by atoms with van der Waals surface area (Å²) in [5.74, 6) is 6.48. The van der Waals surface area contributed by atoms with Crippen LogP contribution >= 0.6 is 11.6 Å². The monoisotopic (exact) mass is 381 g/mol. The maximum Gasteiger partial charge on any atom is 0.183 e. The second-order valence-corrected chi connectivity index (χ2v) is 7.10. The lowest BCUT2D eigenvalue weighted by Gasteiger charge is -2.39. The Balaban J connectivity index is 1.48. The zero-order valence-corrected chi connectivity index (χ0v) is 15.3. The molecule has 0 saturated carbocycles. The van der Waals surface area contributed by atoms with Crippen LogP contribution < -0.4 is 4.90 Å². The molecule has 136 valence electrons. The Labute approximate surface area is 162 Å². The normalized spacial score (nSPS) is 21.9. The SMILES string of the molecule is N#Cc1nccnc1N1CCN2C(C#Cc3cc(Cl)ccc3F)CC[C@H]2C1. The zero-order chi connectivity index (χ0) is 18.8. The van der Waals surface area contributed by atoms with Crippen LogP contribution in [0.5, 0.6) is 0 Å². The Hall–Kier alpha value is -2.67. The Bertz CT molecular complexity index is 961. The average Bonchev–Trinajstić information content (AvgIpc) is 3.11. The van der Waals surface area contributed by atoms with Crippen LogP contribution in [0.2, 0.25) is 5.02 Å². The van der Waals surface area contributed by atoms with Crippen molar-refractivity contribution >= 4 is 17.4 Å². The van der Waals surface area contributed by atoms with Crippen LogP contribution in [-0.4, -0.2) is 46.6 Å². The van der Waals surface area contributed by atoms with E-state index in [1.54, 1.807) is 12.3 Å². The lowest BCUT2D eigenvalue weighted by Crippen LogP contribution is -2.52. The van der Waals surface area contributed by atoms with E-state index in [0.29, 0.717) is 28.1 Å². The van der Waals surface area contributed by atoms with Gasteiger partial charge in [-0.2, -0.15) is 5.26 Å². The summed E-state index contributed by atoms with van der Waals surface area (Å²) in [7, 11) is 0. The second kappa shape index (κ2) is 7.52. The molecule has 3 heterocycles. The highest BCUT2D eigenvalue weighted by Crippen LogP contribution is 2.29. The lowest BCUT2D eigenvalue weighted by atomic mass is 10.1. The first-order valence-electron chi connectivity index (χ1n) is 8.84. The minimum Gasteiger partial charge on any atom is -0.351 e. The first-order chi connectivity index (χ1) is 13.2. The molecule has 0 aliphatic carbocycles. The van der Waals surface area contributed by atoms with E-state index in [4.69, 9.17) is 11.6 Å². The van der Waals surface area contributed by atoms with Crippen molar-refractivity contribution in [3.63, 3.8) is 0 Å². The highest BCUT2D eigenvalue weighted by atomic mass is 35.5. The molecule has 27 heavy (non-hydrogen) atoms. The van der Waals surface area contributed by atoms with Crippen LogP contribution in [0.15, 0.2) is 30.6 Å². The minimum absolute atomic E-state index is 0.104. The molecule has 5 nitrogen and oxygen atoms in total. The molecule has 1 aromatic carbocycles. The number of piperazine rings is 1. The van der Waals surface area contributed by atoms with E-state index in [2.05, 4.69) is 37.7 Å². The number of halogens is 2. The molecule has 0 N–H and O–H groups in total. The second-order valence-electron chi connectivity index (χ2n) is 6.66. The van der Waals surface area contributed by atoms with E-state index in [1.807, 2.05) is 0 Å². The third kappa shape index (κ3) is 3.60. The van der Waals surface area contributed by atoms with Gasteiger partial charge in [0.1, 0.15) is 11.9 Å². The molecule has 2 aliphatic rings. The van der Waals surface area contributed by atoms with Crippen LogP contribution in [0.4, 0.5) is 10.2 Å². The Morgan fingerprint density at radius 2 is 2.04 bits per heavy atom. The molecule has 0 bridgehead atoms. The van der Waals surface area contributed by atoms with Gasteiger partial charge < -0.3 is 4.90 Å². The third-order valence-electron chi connectivity index (χ3n) is 5.09. The molecule has 1 unspecified atom stereocenters. The third-order valence-corrected chi connectivity index (χ3v) is 5.32. The van der Waals surface area contributed by atoms with Crippen molar-refractivity contribution in [2.45, 2.75) is 24.9 Å². The van der Waals surface area contributed by atoms with E-state index >= 15 is 0 Å². The number of nitriles is 1. The topological polar surface area (TPSA) is 56.1 Å². The number of fused-ring (bicyclic) bond motifs is 1. The number of hydrogen-bond donors (Lipinski definition) is 0.